The van der Waals surface area contributed by atoms with E-state index in [-0.39, 0.29) is 0 Å². The van der Waals surface area contributed by atoms with Crippen molar-refractivity contribution in [3.05, 3.63) is 0 Å². The van der Waals surface area contributed by atoms with Gasteiger partial charge in [-0.3, -0.25) is 0 Å². The second-order valence-electron chi connectivity index (χ2n) is 16.9. The normalized spacial score (nSPS) is 11.7. The second kappa shape index (κ2) is 65.7. The molecular weight excluding hydrogens is 1200 g/mol. The third-order valence-corrected chi connectivity index (χ3v) is 19.0. The quantitative estimate of drug-likeness (QED) is 0.0250. The number of hydrogen-bond donors (Lipinski definition) is 0. The number of unbranched alkanes of at least 4 members (excludes halogenated alkanes) is 24. The topological polar surface area (TPSA) is 90.9 Å². The van der Waals surface area contributed by atoms with Crippen molar-refractivity contribution in [1.29, 1.82) is 0 Å². The zero-order valence-electron chi connectivity index (χ0n) is 45.4. The Kier molecular flexibility index (Phi) is 77.9. The van der Waals surface area contributed by atoms with Gasteiger partial charge in [-0.15, -0.1) is 0 Å². The zero-order chi connectivity index (χ0) is 53.9. The van der Waals surface area contributed by atoms with Crippen LogP contribution in [-0.4, -0.2) is 52.9 Å². The van der Waals surface area contributed by atoms with Gasteiger partial charge in [-0.25, -0.2) is 0 Å². The summed E-state index contributed by atoms with van der Waals surface area (Å²) in [4.78, 5) is 0. The van der Waals surface area contributed by atoms with Gasteiger partial charge in [0.2, 0.25) is 0 Å². The molecule has 0 aliphatic carbocycles. The fourth-order valence-corrected chi connectivity index (χ4v) is 12.5. The molecule has 0 heterocycles. The molecule has 424 valence electrons. The average molecular weight is 1300 g/mol. The van der Waals surface area contributed by atoms with E-state index in [1.54, 1.807) is 0 Å². The molecule has 9 nitrogen and oxygen atoms in total. The van der Waals surface area contributed by atoms with E-state index in [1.165, 1.54) is 154 Å². The summed E-state index contributed by atoms with van der Waals surface area (Å²) in [5.41, 5.74) is -9.49. The fourth-order valence-electron chi connectivity index (χ4n) is 5.79. The SMILES string of the molecule is CCCCCCOP(=S)([S-])OCCCCCC.CCCCCCOP(=S)([S-])OCCCCCC.CCCCCCOP(=S)([S-])OCCCCCC.CCCCCCOP(=S)([S-])OCCCCCC.[O]=[Mo+4]. The molecule has 22 heteroatoms. The van der Waals surface area contributed by atoms with Gasteiger partial charge in [0, 0.05) is 0 Å². The Hall–Kier alpha value is 4.17. The average Bonchev–Trinajstić information content (AvgIpc) is 3.32. The fraction of sp³-hybridized carbons (Fsp3) is 1.00. The molecule has 0 bridgehead atoms. The van der Waals surface area contributed by atoms with E-state index in [4.69, 9.17) is 136 Å². The summed E-state index contributed by atoms with van der Waals surface area (Å²) >= 11 is 42.1. The standard InChI is InChI=1S/4C12H27O2PS2.Mo.O/c4*1-3-5-7-9-11-13-15(16,17)14-12-10-8-6-4-2;;/h4*3-12H2,1-2H3,(H,16,17);;/q;;;;+4;/p-4. The van der Waals surface area contributed by atoms with Gasteiger partial charge in [0.25, 0.3) is 0 Å². The molecule has 0 amide bonds. The van der Waals surface area contributed by atoms with E-state index in [2.05, 4.69) is 55.4 Å². The summed E-state index contributed by atoms with van der Waals surface area (Å²) in [5.74, 6) is 0. The molecule has 0 radical (unpaired) electrons. The maximum absolute atomic E-state index is 8.26. The summed E-state index contributed by atoms with van der Waals surface area (Å²) < 4.78 is 52.3. The van der Waals surface area contributed by atoms with Crippen molar-refractivity contribution in [3.8, 4) is 0 Å². The van der Waals surface area contributed by atoms with Crippen LogP contribution in [0, 0.1) is 0 Å². The van der Waals surface area contributed by atoms with Crippen molar-refractivity contribution < 1.29 is 59.4 Å². The Labute approximate surface area is 487 Å². The van der Waals surface area contributed by atoms with E-state index in [0.29, 0.717) is 72.6 Å². The van der Waals surface area contributed by atoms with Crippen molar-refractivity contribution in [3.63, 3.8) is 0 Å². The van der Waals surface area contributed by atoms with E-state index < -0.39 is 22.8 Å². The molecule has 0 rings (SSSR count). The molecule has 0 atom stereocenters. The first kappa shape index (κ1) is 83.0. The molecule has 0 aromatic carbocycles. The van der Waals surface area contributed by atoms with Gasteiger partial charge in [0.1, 0.15) is 0 Å². The first-order chi connectivity index (χ1) is 33.5. The van der Waals surface area contributed by atoms with Gasteiger partial charge in [-0.05, 0) is 51.4 Å². The summed E-state index contributed by atoms with van der Waals surface area (Å²) in [5, 5.41) is 0. The van der Waals surface area contributed by atoms with Crippen LogP contribution >= 0.6 is 22.8 Å². The third kappa shape index (κ3) is 78.7. The molecule has 0 aliphatic rings. The molecular formula is C48H104MoO9P4S8. The van der Waals surface area contributed by atoms with Crippen molar-refractivity contribution in [2.75, 3.05) is 52.9 Å². The summed E-state index contributed by atoms with van der Waals surface area (Å²) in [7, 11) is 0. The number of rotatable bonds is 48. The van der Waals surface area contributed by atoms with Gasteiger partial charge in [0.05, 0.1) is 75.6 Å². The van der Waals surface area contributed by atoms with Crippen LogP contribution in [0.4, 0.5) is 0 Å². The van der Waals surface area contributed by atoms with Crippen LogP contribution in [0.15, 0.2) is 0 Å². The Morgan fingerprint density at radius 2 is 0.343 bits per heavy atom. The molecule has 0 unspecified atom stereocenters. The molecule has 0 fully saturated rings. The molecule has 0 N–H and O–H groups in total. The molecule has 0 aliphatic heterocycles. The second-order valence-corrected chi connectivity index (χ2v) is 36.9. The van der Waals surface area contributed by atoms with Crippen LogP contribution in [0.1, 0.15) is 261 Å². The van der Waals surface area contributed by atoms with Crippen LogP contribution in [0.25, 0.3) is 0 Å². The molecule has 70 heavy (non-hydrogen) atoms. The Balaban J connectivity index is -0.000000265. The molecule has 0 saturated carbocycles. The first-order valence-corrected chi connectivity index (χ1v) is 42.5. The van der Waals surface area contributed by atoms with Crippen LogP contribution < -0.4 is 0 Å². The maximum atomic E-state index is 8.26. The van der Waals surface area contributed by atoms with Crippen LogP contribution in [-0.2, 0) is 156 Å². The molecule has 0 aromatic heterocycles. The Morgan fingerprint density at radius 1 is 0.243 bits per heavy atom. The molecule has 0 aromatic rings. The Morgan fingerprint density at radius 3 is 0.429 bits per heavy atom. The molecule has 0 saturated heterocycles. The minimum absolute atomic E-state index is 0.662. The predicted octanol–water partition coefficient (Wildman–Crippen LogP) is 19.7. The predicted molar refractivity (Wildman–Crippen MR) is 328 cm³/mol. The van der Waals surface area contributed by atoms with Gasteiger partial charge in [-0.2, -0.15) is 0 Å². The summed E-state index contributed by atoms with van der Waals surface area (Å²) in [6, 6.07) is 0. The zero-order valence-corrected chi connectivity index (χ0v) is 57.5. The van der Waals surface area contributed by atoms with Gasteiger partial charge in [0.15, 0.2) is 0 Å². The van der Waals surface area contributed by atoms with Gasteiger partial charge < -0.3 is 85.2 Å². The van der Waals surface area contributed by atoms with Crippen LogP contribution in [0.5, 0.6) is 0 Å². The van der Waals surface area contributed by atoms with Crippen LogP contribution in [0.3, 0.4) is 0 Å². The summed E-state index contributed by atoms with van der Waals surface area (Å²) in [6.07, 6.45) is 37.8. The van der Waals surface area contributed by atoms with E-state index >= 15 is 0 Å². The van der Waals surface area contributed by atoms with E-state index in [1.807, 2.05) is 0 Å². The van der Waals surface area contributed by atoms with Crippen molar-refractivity contribution in [1.82, 2.24) is 0 Å². The van der Waals surface area contributed by atoms with Crippen LogP contribution in [0.2, 0.25) is 0 Å². The monoisotopic (exact) mass is 1300 g/mol. The summed E-state index contributed by atoms with van der Waals surface area (Å²) in [6.45, 7) is 22.8. The van der Waals surface area contributed by atoms with Crippen molar-refractivity contribution in [2.24, 2.45) is 0 Å². The van der Waals surface area contributed by atoms with Crippen molar-refractivity contribution in [2.45, 2.75) is 261 Å². The first-order valence-electron chi connectivity index (χ1n) is 27.1. The van der Waals surface area contributed by atoms with E-state index in [9.17, 15) is 0 Å². The molecule has 0 spiro atoms. The van der Waals surface area contributed by atoms with Gasteiger partial charge in [-0.1, -0.05) is 257 Å². The van der Waals surface area contributed by atoms with Gasteiger partial charge >= 0.3 is 23.2 Å². The third-order valence-electron chi connectivity index (χ3n) is 9.98. The van der Waals surface area contributed by atoms with Crippen molar-refractivity contribution >= 4 is 119 Å². The van der Waals surface area contributed by atoms with E-state index in [0.717, 1.165) is 51.4 Å². The Bertz CT molecular complexity index is 981. The minimum atomic E-state index is -2.37. The number of hydrogen-bond acceptors (Lipinski definition) is 17.